The second kappa shape index (κ2) is 6.81. The van der Waals surface area contributed by atoms with Crippen LogP contribution in [0.4, 0.5) is 4.39 Å². The molecule has 0 aliphatic rings. The van der Waals surface area contributed by atoms with Crippen molar-refractivity contribution in [1.29, 1.82) is 5.26 Å². The molecule has 0 amide bonds. The molecule has 0 bridgehead atoms. The van der Waals surface area contributed by atoms with Gasteiger partial charge in [-0.3, -0.25) is 0 Å². The van der Waals surface area contributed by atoms with E-state index in [-0.39, 0.29) is 19.6 Å². The molecule has 4 heteroatoms. The quantitative estimate of drug-likeness (QED) is 0.577. The molecule has 0 unspecified atom stereocenters. The molecule has 3 nitrogen and oxygen atoms in total. The van der Waals surface area contributed by atoms with Crippen LogP contribution in [0.2, 0.25) is 0 Å². The van der Waals surface area contributed by atoms with E-state index >= 15 is 0 Å². The number of rotatable bonds is 7. The highest BCUT2D eigenvalue weighted by Gasteiger charge is 2.31. The summed E-state index contributed by atoms with van der Waals surface area (Å²) in [6.45, 7) is 4.27. The van der Waals surface area contributed by atoms with Crippen LogP contribution < -0.4 is 0 Å². The van der Waals surface area contributed by atoms with Gasteiger partial charge in [-0.1, -0.05) is 13.8 Å². The van der Waals surface area contributed by atoms with Crippen LogP contribution in [-0.2, 0) is 9.47 Å². The first-order valence-electron chi connectivity index (χ1n) is 4.52. The van der Waals surface area contributed by atoms with E-state index in [2.05, 4.69) is 0 Å². The Hall–Kier alpha value is -0.660. The van der Waals surface area contributed by atoms with Gasteiger partial charge in [-0.05, 0) is 12.8 Å². The van der Waals surface area contributed by atoms with Crippen molar-refractivity contribution in [2.24, 2.45) is 0 Å². The molecule has 76 valence electrons. The molecule has 0 aliphatic carbocycles. The van der Waals surface area contributed by atoms with Gasteiger partial charge in [0, 0.05) is 0 Å². The predicted molar refractivity (Wildman–Crippen MR) is 46.6 cm³/mol. The maximum absolute atomic E-state index is 13.5. The minimum Gasteiger partial charge on any atom is -0.323 e. The number of halogens is 1. The Morgan fingerprint density at radius 2 is 1.69 bits per heavy atom. The summed E-state index contributed by atoms with van der Waals surface area (Å²) in [6.07, 6.45) is 1.02. The first-order chi connectivity index (χ1) is 6.18. The molecule has 0 fully saturated rings. The van der Waals surface area contributed by atoms with Crippen LogP contribution in [0.15, 0.2) is 0 Å². The Morgan fingerprint density at radius 1 is 1.23 bits per heavy atom. The van der Waals surface area contributed by atoms with Gasteiger partial charge in [-0.2, -0.15) is 9.65 Å². The van der Waals surface area contributed by atoms with E-state index in [9.17, 15) is 4.39 Å². The van der Waals surface area contributed by atoms with Crippen molar-refractivity contribution in [3.63, 3.8) is 0 Å². The standard InChI is InChI=1S/C9H16FNO2/c1-3-7-12-9(10,5-6-11)13-8-4-2/h3-5,7-8H2,1-2H3. The Morgan fingerprint density at radius 3 is 2.00 bits per heavy atom. The lowest BCUT2D eigenvalue weighted by molar-refractivity contribution is -0.313. The van der Waals surface area contributed by atoms with Crippen molar-refractivity contribution in [1.82, 2.24) is 0 Å². The molecule has 0 aromatic carbocycles. The van der Waals surface area contributed by atoms with E-state index in [1.165, 1.54) is 0 Å². The SMILES string of the molecule is CCCOC(F)(CC#N)OCCC. The van der Waals surface area contributed by atoms with Crippen molar-refractivity contribution in [3.8, 4) is 6.07 Å². The molecule has 0 rings (SSSR count). The van der Waals surface area contributed by atoms with Crippen LogP contribution >= 0.6 is 0 Å². The molecular weight excluding hydrogens is 173 g/mol. The normalized spacial score (nSPS) is 11.2. The zero-order valence-corrected chi connectivity index (χ0v) is 8.18. The van der Waals surface area contributed by atoms with Crippen LogP contribution in [-0.4, -0.2) is 19.3 Å². The number of hydrogen-bond acceptors (Lipinski definition) is 3. The molecule has 0 atom stereocenters. The molecule has 0 aliphatic heterocycles. The van der Waals surface area contributed by atoms with Gasteiger partial charge in [0.15, 0.2) is 0 Å². The molecule has 0 N–H and O–H groups in total. The van der Waals surface area contributed by atoms with Crippen molar-refractivity contribution in [2.45, 2.75) is 39.2 Å². The average molecular weight is 189 g/mol. The maximum atomic E-state index is 13.5. The third-order valence-electron chi connectivity index (χ3n) is 1.33. The molecule has 0 radical (unpaired) electrons. The van der Waals surface area contributed by atoms with Gasteiger partial charge >= 0.3 is 6.04 Å². The Kier molecular flexibility index (Phi) is 6.47. The molecule has 0 aromatic heterocycles. The highest BCUT2D eigenvalue weighted by Crippen LogP contribution is 2.20. The van der Waals surface area contributed by atoms with Crippen LogP contribution in [0.25, 0.3) is 0 Å². The van der Waals surface area contributed by atoms with Crippen LogP contribution in [0.1, 0.15) is 33.1 Å². The summed E-state index contributed by atoms with van der Waals surface area (Å²) >= 11 is 0. The zero-order valence-electron chi connectivity index (χ0n) is 8.18. The summed E-state index contributed by atoms with van der Waals surface area (Å²) in [7, 11) is 0. The maximum Gasteiger partial charge on any atom is 0.333 e. The highest BCUT2D eigenvalue weighted by atomic mass is 19.2. The fraction of sp³-hybridized carbons (Fsp3) is 0.889. The summed E-state index contributed by atoms with van der Waals surface area (Å²) in [4.78, 5) is 0. The number of nitriles is 1. The topological polar surface area (TPSA) is 42.2 Å². The second-order valence-electron chi connectivity index (χ2n) is 2.69. The second-order valence-corrected chi connectivity index (χ2v) is 2.69. The largest absolute Gasteiger partial charge is 0.333 e. The number of alkyl halides is 1. The first kappa shape index (κ1) is 12.3. The number of hydrogen-bond donors (Lipinski definition) is 0. The fourth-order valence-corrected chi connectivity index (χ4v) is 0.747. The van der Waals surface area contributed by atoms with Gasteiger partial charge in [0.25, 0.3) is 0 Å². The van der Waals surface area contributed by atoms with E-state index < -0.39 is 6.04 Å². The van der Waals surface area contributed by atoms with E-state index in [0.717, 1.165) is 0 Å². The van der Waals surface area contributed by atoms with Crippen molar-refractivity contribution >= 4 is 0 Å². The number of nitrogens with zero attached hydrogens (tertiary/aromatic N) is 1. The van der Waals surface area contributed by atoms with Gasteiger partial charge < -0.3 is 9.47 Å². The molecule has 0 heterocycles. The summed E-state index contributed by atoms with van der Waals surface area (Å²) in [6, 6.07) is -0.506. The zero-order chi connectivity index (χ0) is 10.2. The van der Waals surface area contributed by atoms with Crippen LogP contribution in [0.3, 0.4) is 0 Å². The van der Waals surface area contributed by atoms with Gasteiger partial charge in [-0.15, -0.1) is 0 Å². The third kappa shape index (κ3) is 5.56. The monoisotopic (exact) mass is 189 g/mol. The van der Waals surface area contributed by atoms with E-state index in [0.29, 0.717) is 12.8 Å². The summed E-state index contributed by atoms with van der Waals surface area (Å²) in [5.41, 5.74) is 0. The molecular formula is C9H16FNO2. The van der Waals surface area contributed by atoms with Gasteiger partial charge in [0.05, 0.1) is 19.3 Å². The fourth-order valence-electron chi connectivity index (χ4n) is 0.747. The predicted octanol–water partition coefficient (Wildman–Crippen LogP) is 2.38. The highest BCUT2D eigenvalue weighted by molar-refractivity contribution is 4.76. The lowest BCUT2D eigenvalue weighted by Crippen LogP contribution is -2.31. The summed E-state index contributed by atoms with van der Waals surface area (Å²) in [5.74, 6) is 0. The first-order valence-corrected chi connectivity index (χ1v) is 4.52. The van der Waals surface area contributed by atoms with E-state index in [1.54, 1.807) is 6.07 Å². The summed E-state index contributed by atoms with van der Waals surface area (Å²) < 4.78 is 23.1. The van der Waals surface area contributed by atoms with Crippen molar-refractivity contribution in [3.05, 3.63) is 0 Å². The number of ether oxygens (including phenoxy) is 2. The molecule has 0 spiro atoms. The molecule has 13 heavy (non-hydrogen) atoms. The summed E-state index contributed by atoms with van der Waals surface area (Å²) in [5, 5.41) is 8.35. The van der Waals surface area contributed by atoms with E-state index in [4.69, 9.17) is 14.7 Å². The molecule has 0 saturated carbocycles. The molecule has 0 saturated heterocycles. The van der Waals surface area contributed by atoms with Gasteiger partial charge in [-0.25, -0.2) is 0 Å². The van der Waals surface area contributed by atoms with Gasteiger partial charge in [0.1, 0.15) is 6.42 Å². The molecule has 0 aromatic rings. The lowest BCUT2D eigenvalue weighted by atomic mass is 10.4. The lowest BCUT2D eigenvalue weighted by Gasteiger charge is -2.22. The van der Waals surface area contributed by atoms with Crippen molar-refractivity contribution in [2.75, 3.05) is 13.2 Å². The van der Waals surface area contributed by atoms with Crippen molar-refractivity contribution < 1.29 is 13.9 Å². The van der Waals surface area contributed by atoms with Crippen LogP contribution in [0, 0.1) is 11.3 Å². The average Bonchev–Trinajstić information content (AvgIpc) is 2.12. The Labute approximate surface area is 78.4 Å². The smallest absolute Gasteiger partial charge is 0.323 e. The van der Waals surface area contributed by atoms with E-state index in [1.807, 2.05) is 13.8 Å². The minimum atomic E-state index is -2.21. The minimum absolute atomic E-state index is 0.266. The third-order valence-corrected chi connectivity index (χ3v) is 1.33. The Bertz CT molecular complexity index is 159. The van der Waals surface area contributed by atoms with Gasteiger partial charge in [0.2, 0.25) is 0 Å². The Balaban J connectivity index is 3.93. The van der Waals surface area contributed by atoms with Crippen LogP contribution in [0.5, 0.6) is 0 Å².